The van der Waals surface area contributed by atoms with Gasteiger partial charge in [-0.2, -0.15) is 0 Å². The lowest BCUT2D eigenvalue weighted by molar-refractivity contribution is 0.346. The molecule has 0 unspecified atom stereocenters. The van der Waals surface area contributed by atoms with Crippen molar-refractivity contribution in [2.45, 2.75) is 82.5 Å². The molecule has 2 rings (SSSR count). The number of hydrogen-bond donors (Lipinski definition) is 0. The first-order valence-corrected chi connectivity index (χ1v) is 8.67. The third-order valence-corrected chi connectivity index (χ3v) is 4.52. The molecule has 0 radical (unpaired) electrons. The molecule has 4 heteroatoms. The zero-order valence-electron chi connectivity index (χ0n) is 12.5. The fourth-order valence-electron chi connectivity index (χ4n) is 3.13. The van der Waals surface area contributed by atoms with Crippen LogP contribution in [0.5, 0.6) is 0 Å². The summed E-state index contributed by atoms with van der Waals surface area (Å²) in [6.45, 7) is 6.73. The lowest BCUT2D eigenvalue weighted by atomic mass is 9.90. The second-order valence-electron chi connectivity index (χ2n) is 6.66. The minimum atomic E-state index is 0.0598. The molecule has 1 aliphatic carbocycles. The third kappa shape index (κ3) is 3.59. The van der Waals surface area contributed by atoms with E-state index in [1.807, 2.05) is 0 Å². The van der Waals surface area contributed by atoms with E-state index in [1.54, 1.807) is 0 Å². The van der Waals surface area contributed by atoms with Gasteiger partial charge in [0.15, 0.2) is 0 Å². The average Bonchev–Trinajstić information content (AvgIpc) is 2.71. The van der Waals surface area contributed by atoms with Crippen LogP contribution in [0, 0.1) is 0 Å². The Labute approximate surface area is 125 Å². The van der Waals surface area contributed by atoms with Gasteiger partial charge in [-0.05, 0) is 33.6 Å². The van der Waals surface area contributed by atoms with Crippen molar-refractivity contribution in [3.63, 3.8) is 0 Å². The van der Waals surface area contributed by atoms with E-state index in [0.29, 0.717) is 5.92 Å². The largest absolute Gasteiger partial charge is 0.309 e. The molecule has 1 saturated carbocycles. The van der Waals surface area contributed by atoms with Crippen LogP contribution >= 0.6 is 15.9 Å². The van der Waals surface area contributed by atoms with Crippen LogP contribution in [0.4, 0.5) is 0 Å². The van der Waals surface area contributed by atoms with Crippen LogP contribution in [0.3, 0.4) is 0 Å². The monoisotopic (exact) mass is 327 g/mol. The maximum atomic E-state index is 4.53. The molecule has 1 aromatic rings. The minimum absolute atomic E-state index is 0.0598. The van der Waals surface area contributed by atoms with Crippen molar-refractivity contribution in [2.75, 3.05) is 0 Å². The average molecular weight is 328 g/mol. The number of aromatic nitrogens is 3. The molecule has 0 amide bonds. The quantitative estimate of drug-likeness (QED) is 0.733. The Kier molecular flexibility index (Phi) is 5.04. The van der Waals surface area contributed by atoms with Gasteiger partial charge in [0.05, 0.1) is 5.33 Å². The van der Waals surface area contributed by atoms with Gasteiger partial charge in [0.25, 0.3) is 0 Å². The second kappa shape index (κ2) is 6.38. The molecule has 0 bridgehead atoms. The summed E-state index contributed by atoms with van der Waals surface area (Å²) >= 11 is 3.54. The van der Waals surface area contributed by atoms with E-state index < -0.39 is 0 Å². The zero-order valence-corrected chi connectivity index (χ0v) is 14.0. The van der Waals surface area contributed by atoms with Gasteiger partial charge in [0.1, 0.15) is 11.6 Å². The van der Waals surface area contributed by atoms with Gasteiger partial charge in [0, 0.05) is 11.5 Å². The van der Waals surface area contributed by atoms with Gasteiger partial charge in [-0.3, -0.25) is 0 Å². The van der Waals surface area contributed by atoms with Crippen LogP contribution in [0.1, 0.15) is 83.3 Å². The summed E-state index contributed by atoms with van der Waals surface area (Å²) in [4.78, 5) is 0. The van der Waals surface area contributed by atoms with Gasteiger partial charge in [0.2, 0.25) is 0 Å². The second-order valence-corrected chi connectivity index (χ2v) is 7.22. The fraction of sp³-hybridized carbons (Fsp3) is 0.867. The highest BCUT2D eigenvalue weighted by molar-refractivity contribution is 9.08. The van der Waals surface area contributed by atoms with Crippen LogP contribution in [-0.4, -0.2) is 14.8 Å². The van der Waals surface area contributed by atoms with Crippen molar-refractivity contribution < 1.29 is 0 Å². The van der Waals surface area contributed by atoms with Gasteiger partial charge in [-0.1, -0.05) is 48.0 Å². The predicted octanol–water partition coefficient (Wildman–Crippen LogP) is 4.76. The Morgan fingerprint density at radius 1 is 1.05 bits per heavy atom. The molecule has 108 valence electrons. The Morgan fingerprint density at radius 2 is 1.63 bits per heavy atom. The van der Waals surface area contributed by atoms with Crippen molar-refractivity contribution in [1.82, 2.24) is 14.8 Å². The van der Waals surface area contributed by atoms with Crippen molar-refractivity contribution >= 4 is 15.9 Å². The Bertz CT molecular complexity index is 398. The lowest BCUT2D eigenvalue weighted by Crippen LogP contribution is -2.27. The summed E-state index contributed by atoms with van der Waals surface area (Å²) in [6.07, 6.45) is 9.39. The summed E-state index contributed by atoms with van der Waals surface area (Å²) in [6, 6.07) is 0. The molecule has 0 saturated heterocycles. The first-order valence-electron chi connectivity index (χ1n) is 7.54. The van der Waals surface area contributed by atoms with E-state index in [1.165, 1.54) is 50.8 Å². The summed E-state index contributed by atoms with van der Waals surface area (Å²) in [5.41, 5.74) is 0.0598. The predicted molar refractivity (Wildman–Crippen MR) is 82.7 cm³/mol. The zero-order chi connectivity index (χ0) is 13.9. The molecule has 1 aromatic heterocycles. The molecular formula is C15H26BrN3. The Hall–Kier alpha value is -0.380. The maximum absolute atomic E-state index is 4.53. The van der Waals surface area contributed by atoms with Crippen molar-refractivity contribution in [2.24, 2.45) is 0 Å². The van der Waals surface area contributed by atoms with Crippen molar-refractivity contribution in [3.05, 3.63) is 11.6 Å². The molecule has 3 nitrogen and oxygen atoms in total. The van der Waals surface area contributed by atoms with Crippen LogP contribution in [0.25, 0.3) is 0 Å². The Morgan fingerprint density at radius 3 is 2.16 bits per heavy atom. The summed E-state index contributed by atoms with van der Waals surface area (Å²) in [5.74, 6) is 2.87. The smallest absolute Gasteiger partial charge is 0.144 e. The van der Waals surface area contributed by atoms with E-state index in [2.05, 4.69) is 51.5 Å². The number of hydrogen-bond acceptors (Lipinski definition) is 2. The molecule has 0 N–H and O–H groups in total. The maximum Gasteiger partial charge on any atom is 0.144 e. The summed E-state index contributed by atoms with van der Waals surface area (Å²) in [7, 11) is 0. The number of rotatable bonds is 2. The molecule has 0 spiro atoms. The van der Waals surface area contributed by atoms with Gasteiger partial charge in [-0.25, -0.2) is 0 Å². The van der Waals surface area contributed by atoms with Gasteiger partial charge < -0.3 is 4.57 Å². The minimum Gasteiger partial charge on any atom is -0.309 e. The standard InChI is InChI=1S/C15H26BrN3/c1-15(2,3)19-13(11-16)17-18-14(19)12-9-7-5-4-6-8-10-12/h12H,4-11H2,1-3H3. The molecular weight excluding hydrogens is 302 g/mol. The highest BCUT2D eigenvalue weighted by atomic mass is 79.9. The highest BCUT2D eigenvalue weighted by Gasteiger charge is 2.27. The van der Waals surface area contributed by atoms with Crippen molar-refractivity contribution in [1.29, 1.82) is 0 Å². The van der Waals surface area contributed by atoms with E-state index in [4.69, 9.17) is 0 Å². The molecule has 0 aromatic carbocycles. The normalized spacial score (nSPS) is 19.2. The first-order chi connectivity index (χ1) is 9.04. The SMILES string of the molecule is CC(C)(C)n1c(CBr)nnc1C1CCCCCCC1. The molecule has 0 atom stereocenters. The van der Waals surface area contributed by atoms with Crippen LogP contribution in [0.15, 0.2) is 0 Å². The molecule has 0 aliphatic heterocycles. The van der Waals surface area contributed by atoms with Gasteiger partial charge >= 0.3 is 0 Å². The molecule has 1 heterocycles. The van der Waals surface area contributed by atoms with Crippen LogP contribution < -0.4 is 0 Å². The molecule has 1 aliphatic rings. The van der Waals surface area contributed by atoms with Crippen LogP contribution in [0.2, 0.25) is 0 Å². The summed E-state index contributed by atoms with van der Waals surface area (Å²) < 4.78 is 2.36. The Balaban J connectivity index is 2.29. The first kappa shape index (κ1) is 15.0. The molecule has 19 heavy (non-hydrogen) atoms. The third-order valence-electron chi connectivity index (χ3n) is 4.02. The van der Waals surface area contributed by atoms with E-state index >= 15 is 0 Å². The molecule has 1 fully saturated rings. The summed E-state index contributed by atoms with van der Waals surface area (Å²) in [5, 5.41) is 9.71. The van der Waals surface area contributed by atoms with E-state index in [0.717, 1.165) is 11.2 Å². The van der Waals surface area contributed by atoms with E-state index in [-0.39, 0.29) is 5.54 Å². The van der Waals surface area contributed by atoms with E-state index in [9.17, 15) is 0 Å². The number of alkyl halides is 1. The topological polar surface area (TPSA) is 30.7 Å². The lowest BCUT2D eigenvalue weighted by Gasteiger charge is -2.28. The number of nitrogens with zero attached hydrogens (tertiary/aromatic N) is 3. The highest BCUT2D eigenvalue weighted by Crippen LogP contribution is 2.33. The van der Waals surface area contributed by atoms with Gasteiger partial charge in [-0.15, -0.1) is 10.2 Å². The number of halogens is 1. The van der Waals surface area contributed by atoms with Crippen molar-refractivity contribution in [3.8, 4) is 0 Å². The fourth-order valence-corrected chi connectivity index (χ4v) is 3.49. The van der Waals surface area contributed by atoms with Crippen LogP contribution in [-0.2, 0) is 10.9 Å².